The summed E-state index contributed by atoms with van der Waals surface area (Å²) in [6.45, 7) is 8.17. The van der Waals surface area contributed by atoms with Gasteiger partial charge in [-0.1, -0.05) is 83.9 Å². The van der Waals surface area contributed by atoms with Crippen LogP contribution in [0.5, 0.6) is 0 Å². The molecule has 2 heteroatoms. The predicted molar refractivity (Wildman–Crippen MR) is 138 cm³/mol. The largest absolute Gasteiger partial charge is 4.00 e. The van der Waals surface area contributed by atoms with Crippen molar-refractivity contribution < 1.29 is 26.2 Å². The second-order valence-electron chi connectivity index (χ2n) is 8.19. The van der Waals surface area contributed by atoms with Gasteiger partial charge in [-0.15, -0.1) is 19.9 Å². The number of rotatable bonds is 0. The van der Waals surface area contributed by atoms with E-state index < -0.39 is 0 Å². The predicted octanol–water partition coefficient (Wildman–Crippen LogP) is 7.41. The first kappa shape index (κ1) is 26.2. The van der Waals surface area contributed by atoms with Gasteiger partial charge < -0.3 is 14.0 Å². The molecule has 0 unspecified atom stereocenters. The average Bonchev–Trinajstić information content (AvgIpc) is 3.32. The van der Waals surface area contributed by atoms with E-state index in [1.807, 2.05) is 12.1 Å². The third-order valence-corrected chi connectivity index (χ3v) is 5.23. The van der Waals surface area contributed by atoms with Crippen LogP contribution in [-0.2, 0) is 39.0 Å². The number of fused-ring (bicyclic) bond motifs is 6. The molecule has 158 valence electrons. The van der Waals surface area contributed by atoms with Gasteiger partial charge in [0.25, 0.3) is 0 Å². The van der Waals surface area contributed by atoms with Gasteiger partial charge in [0, 0.05) is 0 Å². The van der Waals surface area contributed by atoms with Crippen LogP contribution in [0.25, 0.3) is 22.3 Å². The number of hydrogen-bond donors (Lipinski definition) is 0. The first-order valence-electron chi connectivity index (χ1n) is 10.6. The first-order valence-corrected chi connectivity index (χ1v) is 13.7. The molecule has 0 saturated carbocycles. The molecule has 0 bridgehead atoms. The zero-order valence-electron chi connectivity index (χ0n) is 19.3. The van der Waals surface area contributed by atoms with E-state index in [0.29, 0.717) is 0 Å². The van der Waals surface area contributed by atoms with E-state index in [1.165, 1.54) is 44.5 Å². The maximum absolute atomic E-state index is 3.78. The molecule has 2 aliphatic carbocycles. The SMILES string of the molecule is [CH2-][SiH](C)C.[CH3-].[Zr+4].[c-]1cccc2c1Cc1ccccc1-2.[c-]1cccc2c1Cc1ccccc1-2. The van der Waals surface area contributed by atoms with Crippen LogP contribution < -0.4 is 0 Å². The van der Waals surface area contributed by atoms with Crippen molar-refractivity contribution in [3.63, 3.8) is 0 Å². The molecular weight excluding hydrogens is 480 g/mol. The van der Waals surface area contributed by atoms with Gasteiger partial charge >= 0.3 is 26.2 Å². The molecule has 6 rings (SSSR count). The molecule has 32 heavy (non-hydrogen) atoms. The zero-order valence-corrected chi connectivity index (χ0v) is 22.9. The number of hydrogen-bond acceptors (Lipinski definition) is 0. The van der Waals surface area contributed by atoms with Crippen LogP contribution in [0.1, 0.15) is 22.3 Å². The Labute approximate surface area is 215 Å². The quantitative estimate of drug-likeness (QED) is 0.148. The van der Waals surface area contributed by atoms with Crippen molar-refractivity contribution in [2.75, 3.05) is 0 Å². The number of benzene rings is 4. The van der Waals surface area contributed by atoms with Gasteiger partial charge in [0.05, 0.1) is 0 Å². The third kappa shape index (κ3) is 6.06. The summed E-state index contributed by atoms with van der Waals surface area (Å²) < 4.78 is 0. The van der Waals surface area contributed by atoms with Gasteiger partial charge in [0.15, 0.2) is 0 Å². The fourth-order valence-electron chi connectivity index (χ4n) is 4.00. The van der Waals surface area contributed by atoms with Crippen LogP contribution in [0, 0.1) is 26.1 Å². The Morgan fingerprint density at radius 1 is 0.625 bits per heavy atom. The zero-order chi connectivity index (χ0) is 20.9. The van der Waals surface area contributed by atoms with Crippen LogP contribution in [0.3, 0.4) is 0 Å². The standard InChI is InChI=1S/2C13H9.C3H9Si.CH3.Zr/c2*1-3-7-12-10(5-1)9-11-6-2-4-8-13(11)12;1-4(2)3;;/h2*1-5,7-8H,9H2;4H,1H2,2-3H3;1H3;/q4*-1;+4. The molecule has 0 nitrogen and oxygen atoms in total. The summed E-state index contributed by atoms with van der Waals surface area (Å²) in [7, 11) is -0.389. The minimum absolute atomic E-state index is 0. The van der Waals surface area contributed by atoms with E-state index in [9.17, 15) is 0 Å². The van der Waals surface area contributed by atoms with Crippen LogP contribution in [0.2, 0.25) is 13.1 Å². The molecule has 0 amide bonds. The summed E-state index contributed by atoms with van der Waals surface area (Å²) in [6, 6.07) is 36.2. The molecule has 0 saturated heterocycles. The molecule has 0 radical (unpaired) electrons. The second kappa shape index (κ2) is 12.3. The van der Waals surface area contributed by atoms with Crippen molar-refractivity contribution in [2.45, 2.75) is 25.9 Å². The minimum Gasteiger partial charge on any atom is -0.358 e. The van der Waals surface area contributed by atoms with E-state index in [4.69, 9.17) is 0 Å². The van der Waals surface area contributed by atoms with Gasteiger partial charge in [0.1, 0.15) is 0 Å². The molecule has 0 fully saturated rings. The van der Waals surface area contributed by atoms with Gasteiger partial charge in [-0.25, -0.2) is 0 Å². The van der Waals surface area contributed by atoms with Crippen LogP contribution in [0.15, 0.2) is 84.9 Å². The summed E-state index contributed by atoms with van der Waals surface area (Å²) in [5.74, 6) is 0. The van der Waals surface area contributed by atoms with Crippen molar-refractivity contribution in [3.8, 4) is 22.3 Å². The van der Waals surface area contributed by atoms with Crippen LogP contribution in [-0.4, -0.2) is 8.80 Å². The summed E-state index contributed by atoms with van der Waals surface area (Å²) in [5, 5.41) is 0. The van der Waals surface area contributed by atoms with E-state index in [0.717, 1.165) is 12.8 Å². The van der Waals surface area contributed by atoms with E-state index in [-0.39, 0.29) is 42.4 Å². The van der Waals surface area contributed by atoms with E-state index in [2.05, 4.69) is 105 Å². The molecule has 4 aromatic carbocycles. The van der Waals surface area contributed by atoms with Crippen LogP contribution in [0.4, 0.5) is 0 Å². The van der Waals surface area contributed by atoms with Gasteiger partial charge in [-0.3, -0.25) is 0 Å². The molecule has 2 aliphatic rings. The minimum atomic E-state index is -0.389. The fourth-order valence-corrected chi connectivity index (χ4v) is 4.00. The van der Waals surface area contributed by atoms with Gasteiger partial charge in [0.2, 0.25) is 0 Å². The second-order valence-corrected chi connectivity index (χ2v) is 11.0. The van der Waals surface area contributed by atoms with E-state index in [1.54, 1.807) is 0 Å². The van der Waals surface area contributed by atoms with Crippen molar-refractivity contribution in [1.82, 2.24) is 0 Å². The Balaban J connectivity index is 0.000000185. The Morgan fingerprint density at radius 3 is 1.38 bits per heavy atom. The Hall–Kier alpha value is -2.02. The topological polar surface area (TPSA) is 0 Å². The van der Waals surface area contributed by atoms with E-state index >= 15 is 0 Å². The third-order valence-electron chi connectivity index (χ3n) is 5.23. The van der Waals surface area contributed by atoms with Crippen molar-refractivity contribution in [2.24, 2.45) is 0 Å². The summed E-state index contributed by atoms with van der Waals surface area (Å²) >= 11 is 0. The Morgan fingerprint density at radius 2 is 0.969 bits per heavy atom. The molecule has 0 N–H and O–H groups in total. The molecule has 0 spiro atoms. The van der Waals surface area contributed by atoms with Gasteiger partial charge in [-0.2, -0.15) is 59.7 Å². The monoisotopic (exact) mass is 508 g/mol. The maximum Gasteiger partial charge on any atom is 4.00 e. The maximum atomic E-state index is 3.78. The average molecular weight is 510 g/mol. The fraction of sp³-hybridized carbons (Fsp3) is 0.133. The summed E-state index contributed by atoms with van der Waals surface area (Å²) in [5.41, 5.74) is 11.0. The first-order chi connectivity index (χ1) is 14.6. The molecule has 0 heterocycles. The molecule has 0 atom stereocenters. The summed E-state index contributed by atoms with van der Waals surface area (Å²) in [4.78, 5) is 0. The van der Waals surface area contributed by atoms with Crippen molar-refractivity contribution in [3.05, 3.63) is 133 Å². The smallest absolute Gasteiger partial charge is 0.358 e. The van der Waals surface area contributed by atoms with Crippen LogP contribution >= 0.6 is 0 Å². The van der Waals surface area contributed by atoms with Crippen molar-refractivity contribution >= 4 is 8.80 Å². The molecule has 0 aliphatic heterocycles. The Kier molecular flexibility index (Phi) is 10.1. The molecule has 4 aromatic rings. The molecular formula is C30H30SiZr. The van der Waals surface area contributed by atoms with Gasteiger partial charge in [-0.05, 0) is 12.8 Å². The van der Waals surface area contributed by atoms with Crippen molar-refractivity contribution in [1.29, 1.82) is 0 Å². The summed E-state index contributed by atoms with van der Waals surface area (Å²) in [6.07, 6.45) is 2.10. The molecule has 0 aromatic heterocycles. The Bertz CT molecular complexity index is 968. The normalized spacial score (nSPS) is 11.1.